The third-order valence-corrected chi connectivity index (χ3v) is 2.22. The van der Waals surface area contributed by atoms with E-state index in [-0.39, 0.29) is 0 Å². The van der Waals surface area contributed by atoms with Gasteiger partial charge in [0.25, 0.3) is 0 Å². The predicted octanol–water partition coefficient (Wildman–Crippen LogP) is 2.16. The van der Waals surface area contributed by atoms with Crippen LogP contribution >= 0.6 is 0 Å². The van der Waals surface area contributed by atoms with Gasteiger partial charge in [0.2, 0.25) is 0 Å². The van der Waals surface area contributed by atoms with Gasteiger partial charge in [-0.3, -0.25) is 0 Å². The second-order valence-corrected chi connectivity index (χ2v) is 3.76. The highest BCUT2D eigenvalue weighted by Crippen LogP contribution is 2.29. The molecule has 0 unspecified atom stereocenters. The summed E-state index contributed by atoms with van der Waals surface area (Å²) in [5.41, 5.74) is 1.13. The van der Waals surface area contributed by atoms with Crippen molar-refractivity contribution in [1.82, 2.24) is 10.2 Å². The number of nitrogens with zero attached hydrogens (tertiary/aromatic N) is 2. The summed E-state index contributed by atoms with van der Waals surface area (Å²) in [6.45, 7) is 2.86. The van der Waals surface area contributed by atoms with E-state index in [1.165, 1.54) is 12.8 Å². The molecule has 74 valence electrons. The second kappa shape index (κ2) is 4.22. The predicted molar refractivity (Wildman–Crippen MR) is 57.1 cm³/mol. The summed E-state index contributed by atoms with van der Waals surface area (Å²) >= 11 is 0. The standard InChI is InChI=1S/C11H15N3/c1-9-7-11(14-13-8-9)12-6-2-3-10-4-5-10/h2-3,7-8,10H,4-6H2,1H3,(H,12,14)/b3-2+. The highest BCUT2D eigenvalue weighted by atomic mass is 15.2. The zero-order valence-corrected chi connectivity index (χ0v) is 8.40. The number of aryl methyl sites for hydroxylation is 1. The Morgan fingerprint density at radius 1 is 1.57 bits per heavy atom. The normalized spacial score (nSPS) is 16.1. The molecule has 1 saturated carbocycles. The Kier molecular flexibility index (Phi) is 2.77. The Hall–Kier alpha value is -1.38. The first-order valence-electron chi connectivity index (χ1n) is 5.04. The van der Waals surface area contributed by atoms with Crippen molar-refractivity contribution < 1.29 is 0 Å². The van der Waals surface area contributed by atoms with Crippen molar-refractivity contribution in [1.29, 1.82) is 0 Å². The van der Waals surface area contributed by atoms with Crippen LogP contribution in [0.15, 0.2) is 24.4 Å². The molecule has 3 nitrogen and oxygen atoms in total. The smallest absolute Gasteiger partial charge is 0.149 e. The van der Waals surface area contributed by atoms with Crippen LogP contribution in [0.4, 0.5) is 5.82 Å². The highest BCUT2D eigenvalue weighted by Gasteiger charge is 2.16. The second-order valence-electron chi connectivity index (χ2n) is 3.76. The molecular weight excluding hydrogens is 174 g/mol. The maximum Gasteiger partial charge on any atom is 0.149 e. The van der Waals surface area contributed by atoms with Crippen LogP contribution < -0.4 is 5.32 Å². The molecule has 14 heavy (non-hydrogen) atoms. The van der Waals surface area contributed by atoms with E-state index in [0.717, 1.165) is 23.8 Å². The van der Waals surface area contributed by atoms with Crippen molar-refractivity contribution in [2.24, 2.45) is 5.92 Å². The number of aromatic nitrogens is 2. The number of anilines is 1. The van der Waals surface area contributed by atoms with Gasteiger partial charge in [0.1, 0.15) is 5.82 Å². The lowest BCUT2D eigenvalue weighted by atomic mass is 10.3. The Morgan fingerprint density at radius 2 is 2.43 bits per heavy atom. The Morgan fingerprint density at radius 3 is 3.14 bits per heavy atom. The molecule has 1 aromatic rings. The zero-order valence-electron chi connectivity index (χ0n) is 8.40. The van der Waals surface area contributed by atoms with Crippen molar-refractivity contribution in [2.45, 2.75) is 19.8 Å². The number of allylic oxidation sites excluding steroid dienone is 1. The summed E-state index contributed by atoms with van der Waals surface area (Å²) in [6, 6.07) is 2.00. The van der Waals surface area contributed by atoms with Gasteiger partial charge in [-0.15, -0.1) is 5.10 Å². The van der Waals surface area contributed by atoms with E-state index in [1.807, 2.05) is 13.0 Å². The summed E-state index contributed by atoms with van der Waals surface area (Å²) in [5, 5.41) is 11.1. The lowest BCUT2D eigenvalue weighted by Crippen LogP contribution is -2.01. The molecule has 0 spiro atoms. The minimum atomic E-state index is 0.842. The maximum absolute atomic E-state index is 3.98. The van der Waals surface area contributed by atoms with Crippen LogP contribution in [0.1, 0.15) is 18.4 Å². The number of rotatable bonds is 4. The van der Waals surface area contributed by atoms with Crippen LogP contribution in [0.3, 0.4) is 0 Å². The summed E-state index contributed by atoms with van der Waals surface area (Å²) in [4.78, 5) is 0. The van der Waals surface area contributed by atoms with Crippen LogP contribution in [0.2, 0.25) is 0 Å². The molecule has 0 aliphatic heterocycles. The summed E-state index contributed by atoms with van der Waals surface area (Å²) in [7, 11) is 0. The average molecular weight is 189 g/mol. The van der Waals surface area contributed by atoms with Gasteiger partial charge in [-0.1, -0.05) is 12.2 Å². The average Bonchev–Trinajstić information content (AvgIpc) is 2.96. The molecule has 1 aliphatic carbocycles. The van der Waals surface area contributed by atoms with Gasteiger partial charge in [0.15, 0.2) is 0 Å². The summed E-state index contributed by atoms with van der Waals surface area (Å²) in [5.74, 6) is 1.70. The molecular formula is C11H15N3. The summed E-state index contributed by atoms with van der Waals surface area (Å²) < 4.78 is 0. The van der Waals surface area contributed by atoms with E-state index < -0.39 is 0 Å². The Labute approximate surface area is 84.2 Å². The van der Waals surface area contributed by atoms with Gasteiger partial charge in [0.05, 0.1) is 6.20 Å². The Bertz CT molecular complexity index is 329. The van der Waals surface area contributed by atoms with Crippen molar-refractivity contribution in [3.05, 3.63) is 30.0 Å². The SMILES string of the molecule is Cc1cnnc(NC/C=C/C2CC2)c1. The molecule has 0 radical (unpaired) electrons. The maximum atomic E-state index is 3.98. The lowest BCUT2D eigenvalue weighted by Gasteiger charge is -2.00. The van der Waals surface area contributed by atoms with E-state index in [2.05, 4.69) is 27.7 Å². The quantitative estimate of drug-likeness (QED) is 0.737. The molecule has 0 atom stereocenters. The van der Waals surface area contributed by atoms with Crippen molar-refractivity contribution in [3.63, 3.8) is 0 Å². The third-order valence-electron chi connectivity index (χ3n) is 2.22. The fraction of sp³-hybridized carbons (Fsp3) is 0.455. The van der Waals surface area contributed by atoms with Crippen LogP contribution in [0.5, 0.6) is 0 Å². The molecule has 1 aliphatic rings. The van der Waals surface area contributed by atoms with Crippen molar-refractivity contribution in [3.8, 4) is 0 Å². The lowest BCUT2D eigenvalue weighted by molar-refractivity contribution is 1.00. The van der Waals surface area contributed by atoms with Crippen LogP contribution in [-0.4, -0.2) is 16.7 Å². The molecule has 1 heterocycles. The van der Waals surface area contributed by atoms with Gasteiger partial charge < -0.3 is 5.32 Å². The molecule has 0 amide bonds. The molecule has 0 saturated heterocycles. The van der Waals surface area contributed by atoms with Crippen molar-refractivity contribution >= 4 is 5.82 Å². The summed E-state index contributed by atoms with van der Waals surface area (Å²) in [6.07, 6.45) is 8.92. The molecule has 1 fully saturated rings. The molecule has 3 heteroatoms. The number of nitrogens with one attached hydrogen (secondary N) is 1. The van der Waals surface area contributed by atoms with E-state index in [9.17, 15) is 0 Å². The first kappa shape index (κ1) is 9.19. The fourth-order valence-corrected chi connectivity index (χ4v) is 1.26. The topological polar surface area (TPSA) is 37.8 Å². The van der Waals surface area contributed by atoms with E-state index in [1.54, 1.807) is 6.20 Å². The molecule has 2 rings (SSSR count). The van der Waals surface area contributed by atoms with E-state index >= 15 is 0 Å². The molecule has 1 N–H and O–H groups in total. The highest BCUT2D eigenvalue weighted by molar-refractivity contribution is 5.35. The van der Waals surface area contributed by atoms with Crippen LogP contribution in [-0.2, 0) is 0 Å². The first-order valence-corrected chi connectivity index (χ1v) is 5.04. The van der Waals surface area contributed by atoms with Crippen LogP contribution in [0, 0.1) is 12.8 Å². The minimum absolute atomic E-state index is 0.842. The van der Waals surface area contributed by atoms with Gasteiger partial charge in [-0.05, 0) is 37.3 Å². The van der Waals surface area contributed by atoms with Gasteiger partial charge in [-0.2, -0.15) is 5.10 Å². The largest absolute Gasteiger partial charge is 0.365 e. The first-order chi connectivity index (χ1) is 6.84. The van der Waals surface area contributed by atoms with Gasteiger partial charge in [-0.25, -0.2) is 0 Å². The van der Waals surface area contributed by atoms with E-state index in [0.29, 0.717) is 0 Å². The van der Waals surface area contributed by atoms with Crippen LogP contribution in [0.25, 0.3) is 0 Å². The molecule has 0 aromatic carbocycles. The van der Waals surface area contributed by atoms with E-state index in [4.69, 9.17) is 0 Å². The minimum Gasteiger partial charge on any atom is -0.365 e. The molecule has 0 bridgehead atoms. The zero-order chi connectivity index (χ0) is 9.80. The number of hydrogen-bond acceptors (Lipinski definition) is 3. The Balaban J connectivity index is 1.79. The molecule has 1 aromatic heterocycles. The fourth-order valence-electron chi connectivity index (χ4n) is 1.26. The monoisotopic (exact) mass is 189 g/mol. The van der Waals surface area contributed by atoms with Crippen molar-refractivity contribution in [2.75, 3.05) is 11.9 Å². The van der Waals surface area contributed by atoms with Gasteiger partial charge >= 0.3 is 0 Å². The number of hydrogen-bond donors (Lipinski definition) is 1. The van der Waals surface area contributed by atoms with Gasteiger partial charge in [0, 0.05) is 6.54 Å². The third kappa shape index (κ3) is 2.83.